The highest BCUT2D eigenvalue weighted by atomic mass is 35.5. The summed E-state index contributed by atoms with van der Waals surface area (Å²) in [6, 6.07) is 12.7. The predicted octanol–water partition coefficient (Wildman–Crippen LogP) is 6.14. The SMILES string of the molecule is CCOC(=O)c1c(-c2ccccc2)csc1NC(=O)c1cn(CC)c2c(C)c(Cl)ccc2c1=O. The minimum Gasteiger partial charge on any atom is -0.462 e. The molecule has 8 heteroatoms. The largest absolute Gasteiger partial charge is 0.462 e. The van der Waals surface area contributed by atoms with Crippen LogP contribution in [0.1, 0.15) is 40.1 Å². The van der Waals surface area contributed by atoms with Crippen molar-refractivity contribution in [2.24, 2.45) is 0 Å². The summed E-state index contributed by atoms with van der Waals surface area (Å²) in [5, 5.41) is 5.88. The highest BCUT2D eigenvalue weighted by molar-refractivity contribution is 7.15. The van der Waals surface area contributed by atoms with E-state index in [1.54, 1.807) is 30.6 Å². The third-order valence-electron chi connectivity index (χ3n) is 5.59. The maximum absolute atomic E-state index is 13.3. The molecule has 2 aromatic heterocycles. The number of thiophene rings is 1. The van der Waals surface area contributed by atoms with E-state index in [-0.39, 0.29) is 17.7 Å². The molecule has 1 amide bonds. The van der Waals surface area contributed by atoms with Gasteiger partial charge in [0.15, 0.2) is 0 Å². The Labute approximate surface area is 205 Å². The molecule has 34 heavy (non-hydrogen) atoms. The Bertz CT molecular complexity index is 1460. The van der Waals surface area contributed by atoms with Gasteiger partial charge in [-0.25, -0.2) is 4.79 Å². The van der Waals surface area contributed by atoms with E-state index in [1.807, 2.05) is 48.7 Å². The van der Waals surface area contributed by atoms with E-state index in [1.165, 1.54) is 11.3 Å². The van der Waals surface area contributed by atoms with Crippen LogP contribution in [-0.4, -0.2) is 23.1 Å². The number of nitrogens with one attached hydrogen (secondary N) is 1. The third-order valence-corrected chi connectivity index (χ3v) is 6.90. The molecule has 0 unspecified atom stereocenters. The van der Waals surface area contributed by atoms with E-state index in [4.69, 9.17) is 16.3 Å². The number of rotatable bonds is 6. The van der Waals surface area contributed by atoms with Gasteiger partial charge in [-0.1, -0.05) is 41.9 Å². The second kappa shape index (κ2) is 9.83. The first-order valence-electron chi connectivity index (χ1n) is 10.8. The topological polar surface area (TPSA) is 77.4 Å². The van der Waals surface area contributed by atoms with Crippen molar-refractivity contribution in [1.29, 1.82) is 0 Å². The second-order valence-electron chi connectivity index (χ2n) is 7.62. The molecule has 0 saturated heterocycles. The molecule has 174 valence electrons. The van der Waals surface area contributed by atoms with Gasteiger partial charge in [0.1, 0.15) is 16.1 Å². The lowest BCUT2D eigenvalue weighted by Gasteiger charge is -2.14. The number of aryl methyl sites for hydroxylation is 2. The molecule has 0 atom stereocenters. The van der Waals surface area contributed by atoms with E-state index in [9.17, 15) is 14.4 Å². The number of hydrogen-bond acceptors (Lipinski definition) is 5. The van der Waals surface area contributed by atoms with E-state index in [2.05, 4.69) is 5.32 Å². The number of amides is 1. The first-order chi connectivity index (χ1) is 16.4. The van der Waals surface area contributed by atoms with Gasteiger partial charge in [-0.05, 0) is 44.0 Å². The van der Waals surface area contributed by atoms with Crippen molar-refractivity contribution in [3.63, 3.8) is 0 Å². The number of carbonyl (C=O) groups is 2. The number of pyridine rings is 1. The number of hydrogen-bond donors (Lipinski definition) is 1. The molecule has 0 radical (unpaired) electrons. The molecule has 0 aliphatic carbocycles. The van der Waals surface area contributed by atoms with Gasteiger partial charge in [0, 0.05) is 34.1 Å². The molecule has 2 heterocycles. The fourth-order valence-corrected chi connectivity index (χ4v) is 5.03. The Morgan fingerprint density at radius 3 is 2.53 bits per heavy atom. The molecule has 0 fully saturated rings. The van der Waals surface area contributed by atoms with Crippen LogP contribution in [0.15, 0.2) is 58.8 Å². The highest BCUT2D eigenvalue weighted by Crippen LogP contribution is 2.36. The molecule has 1 N–H and O–H groups in total. The normalized spacial score (nSPS) is 10.9. The number of ether oxygens (including phenoxy) is 1. The summed E-state index contributed by atoms with van der Waals surface area (Å²) in [4.78, 5) is 39.3. The first kappa shape index (κ1) is 23.7. The fourth-order valence-electron chi connectivity index (χ4n) is 3.92. The summed E-state index contributed by atoms with van der Waals surface area (Å²) in [6.45, 7) is 6.24. The number of esters is 1. The molecule has 4 aromatic rings. The van der Waals surface area contributed by atoms with Crippen molar-refractivity contribution in [2.75, 3.05) is 11.9 Å². The minimum atomic E-state index is -0.589. The zero-order valence-electron chi connectivity index (χ0n) is 19.0. The maximum atomic E-state index is 13.3. The molecule has 0 saturated carbocycles. The molecule has 6 nitrogen and oxygen atoms in total. The zero-order valence-corrected chi connectivity index (χ0v) is 20.5. The summed E-state index contributed by atoms with van der Waals surface area (Å²) < 4.78 is 7.09. The van der Waals surface area contributed by atoms with Gasteiger partial charge in [0.2, 0.25) is 5.43 Å². The number of carbonyl (C=O) groups excluding carboxylic acids is 2. The summed E-state index contributed by atoms with van der Waals surface area (Å²) in [6.07, 6.45) is 1.54. The lowest BCUT2D eigenvalue weighted by Crippen LogP contribution is -2.24. The Balaban J connectivity index is 1.80. The van der Waals surface area contributed by atoms with Crippen molar-refractivity contribution < 1.29 is 14.3 Å². The van der Waals surface area contributed by atoms with Crippen LogP contribution in [0.2, 0.25) is 5.02 Å². The Hall–Kier alpha value is -3.42. The van der Waals surface area contributed by atoms with Crippen LogP contribution in [0, 0.1) is 6.92 Å². The van der Waals surface area contributed by atoms with Crippen molar-refractivity contribution in [3.05, 3.63) is 86.0 Å². The van der Waals surface area contributed by atoms with Crippen LogP contribution in [0.3, 0.4) is 0 Å². The third kappa shape index (κ3) is 4.24. The Morgan fingerprint density at radius 2 is 1.85 bits per heavy atom. The van der Waals surface area contributed by atoms with Crippen LogP contribution in [-0.2, 0) is 11.3 Å². The fraction of sp³-hybridized carbons (Fsp3) is 0.192. The number of anilines is 1. The van der Waals surface area contributed by atoms with Crippen molar-refractivity contribution in [2.45, 2.75) is 27.3 Å². The molecule has 0 aliphatic rings. The van der Waals surface area contributed by atoms with E-state index < -0.39 is 17.3 Å². The number of fused-ring (bicyclic) bond motifs is 1. The average molecular weight is 495 g/mol. The molecule has 4 rings (SSSR count). The smallest absolute Gasteiger partial charge is 0.341 e. The van der Waals surface area contributed by atoms with Gasteiger partial charge >= 0.3 is 5.97 Å². The molecule has 0 spiro atoms. The van der Waals surface area contributed by atoms with Gasteiger partial charge in [0.05, 0.1) is 12.1 Å². The lowest BCUT2D eigenvalue weighted by molar-refractivity contribution is 0.0529. The summed E-state index contributed by atoms with van der Waals surface area (Å²) >= 11 is 7.48. The van der Waals surface area contributed by atoms with Crippen LogP contribution in [0.25, 0.3) is 22.0 Å². The van der Waals surface area contributed by atoms with Crippen LogP contribution in [0.4, 0.5) is 5.00 Å². The van der Waals surface area contributed by atoms with Gasteiger partial charge in [-0.15, -0.1) is 11.3 Å². The molecular weight excluding hydrogens is 472 g/mol. The van der Waals surface area contributed by atoms with Gasteiger partial charge in [0.25, 0.3) is 5.91 Å². The van der Waals surface area contributed by atoms with E-state index in [0.717, 1.165) is 11.1 Å². The van der Waals surface area contributed by atoms with Crippen molar-refractivity contribution in [3.8, 4) is 11.1 Å². The average Bonchev–Trinajstić information content (AvgIpc) is 3.26. The van der Waals surface area contributed by atoms with Gasteiger partial charge in [-0.2, -0.15) is 0 Å². The van der Waals surface area contributed by atoms with Gasteiger partial charge in [-0.3, -0.25) is 9.59 Å². The second-order valence-corrected chi connectivity index (χ2v) is 8.91. The molecule has 0 bridgehead atoms. The summed E-state index contributed by atoms with van der Waals surface area (Å²) in [5.74, 6) is -1.12. The molecule has 0 aliphatic heterocycles. The monoisotopic (exact) mass is 494 g/mol. The maximum Gasteiger partial charge on any atom is 0.341 e. The lowest BCUT2D eigenvalue weighted by atomic mass is 10.0. The number of halogens is 1. The Morgan fingerprint density at radius 1 is 1.12 bits per heavy atom. The van der Waals surface area contributed by atoms with Crippen LogP contribution in [0.5, 0.6) is 0 Å². The number of benzene rings is 2. The minimum absolute atomic E-state index is 0.0134. The Kier molecular flexibility index (Phi) is 6.86. The summed E-state index contributed by atoms with van der Waals surface area (Å²) in [7, 11) is 0. The van der Waals surface area contributed by atoms with Crippen molar-refractivity contribution in [1.82, 2.24) is 4.57 Å². The van der Waals surface area contributed by atoms with E-state index in [0.29, 0.717) is 33.0 Å². The van der Waals surface area contributed by atoms with E-state index >= 15 is 0 Å². The molecular formula is C26H23ClN2O4S. The standard InChI is InChI=1S/C26H23ClN2O4S/c1-4-29-13-18(23(30)17-11-12-20(27)15(3)22(17)29)24(31)28-25-21(26(32)33-5-2)19(14-34-25)16-9-7-6-8-10-16/h6-14H,4-5H2,1-3H3,(H,28,31). The highest BCUT2D eigenvalue weighted by Gasteiger charge is 2.24. The van der Waals surface area contributed by atoms with Crippen LogP contribution >= 0.6 is 22.9 Å². The quantitative estimate of drug-likeness (QED) is 0.326. The summed E-state index contributed by atoms with van der Waals surface area (Å²) in [5.41, 5.74) is 2.83. The number of aromatic nitrogens is 1. The first-order valence-corrected chi connectivity index (χ1v) is 12.1. The molecule has 2 aromatic carbocycles. The van der Waals surface area contributed by atoms with Crippen LogP contribution < -0.4 is 10.7 Å². The predicted molar refractivity (Wildman–Crippen MR) is 137 cm³/mol. The van der Waals surface area contributed by atoms with Gasteiger partial charge < -0.3 is 14.6 Å². The van der Waals surface area contributed by atoms with Crippen molar-refractivity contribution >= 4 is 50.7 Å². The number of nitrogens with zero attached hydrogens (tertiary/aromatic N) is 1. The zero-order chi connectivity index (χ0) is 24.4.